The van der Waals surface area contributed by atoms with E-state index in [1.807, 2.05) is 24.9 Å². The second-order valence-corrected chi connectivity index (χ2v) is 12.7. The van der Waals surface area contributed by atoms with Gasteiger partial charge in [0.25, 0.3) is 0 Å². The monoisotopic (exact) mass is 613 g/mol. The molecule has 194 valence electrons. The van der Waals surface area contributed by atoms with Crippen LogP contribution in [0, 0.1) is 5.92 Å². The fourth-order valence-electron chi connectivity index (χ4n) is 4.66. The van der Waals surface area contributed by atoms with Crippen molar-refractivity contribution in [2.24, 2.45) is 13.0 Å². The number of piperidine rings is 1. The molecule has 0 spiro atoms. The average Bonchev–Trinajstić information content (AvgIpc) is 3.41. The summed E-state index contributed by atoms with van der Waals surface area (Å²) in [4.78, 5) is 22.1. The number of carbonyl (C=O) groups is 1. The summed E-state index contributed by atoms with van der Waals surface area (Å²) in [6, 6.07) is 0. The Hall–Kier alpha value is -2.71. The van der Waals surface area contributed by atoms with Gasteiger partial charge in [0.05, 0.1) is 6.20 Å². The third-order valence-corrected chi connectivity index (χ3v) is 8.87. The summed E-state index contributed by atoms with van der Waals surface area (Å²) in [5.74, 6) is -1.77. The average molecular weight is 613 g/mol. The Balaban J connectivity index is 1.42. The zero-order chi connectivity index (χ0) is 25.4. The van der Waals surface area contributed by atoms with Gasteiger partial charge in [-0.1, -0.05) is 0 Å². The van der Waals surface area contributed by atoms with Crippen LogP contribution in [-0.4, -0.2) is 66.8 Å². The van der Waals surface area contributed by atoms with Crippen molar-refractivity contribution in [2.75, 3.05) is 18.0 Å². The minimum absolute atomic E-state index is 0.277. The van der Waals surface area contributed by atoms with Crippen LogP contribution in [0.25, 0.3) is 11.4 Å². The molecule has 1 saturated heterocycles. The first-order chi connectivity index (χ1) is 17.2. The molecule has 36 heavy (non-hydrogen) atoms. The fourth-order valence-corrected chi connectivity index (χ4v) is 6.95. The van der Waals surface area contributed by atoms with Crippen LogP contribution in [0.5, 0.6) is 0 Å². The molecule has 2 aliphatic rings. The Morgan fingerprint density at radius 1 is 1.28 bits per heavy atom. The fraction of sp³-hybridized carbons (Fsp3) is 0.565. The van der Waals surface area contributed by atoms with Crippen molar-refractivity contribution in [3.8, 4) is 11.4 Å². The molecule has 5 rings (SSSR count). The van der Waals surface area contributed by atoms with Crippen LogP contribution in [0.1, 0.15) is 43.3 Å². The van der Waals surface area contributed by atoms with Crippen molar-refractivity contribution in [3.63, 3.8) is 0 Å². The molecule has 1 aliphatic heterocycles. The van der Waals surface area contributed by atoms with E-state index in [0.29, 0.717) is 36.1 Å². The molecule has 0 radical (unpaired) electrons. The summed E-state index contributed by atoms with van der Waals surface area (Å²) in [6.45, 7) is 2.21. The summed E-state index contributed by atoms with van der Waals surface area (Å²) in [5, 5.41) is 22.0. The van der Waals surface area contributed by atoms with E-state index >= 15 is 0 Å². The number of alkyl halides is 3. The number of hydrogen-bond acceptors (Lipinski definition) is 7. The standard InChI is InChI=1S/C23H28F2IN8O2/c1-3-18-19(33-11-15(26-22(35)36)7-23(24,25)13-33)10-27-21(30-18)17-9-29-32(2)20(17)12-34-16(8-28-31-34)6-14-4-5-14/h8-10,14-15H,3-7,11-13H2,1-2H3,(H,35,36)/q-1/t15-/m0/s1. The number of nitrogens with zero attached hydrogens (tertiary/aromatic N) is 8. The molecule has 1 saturated carbocycles. The third kappa shape index (κ3) is 5.49. The topological polar surface area (TPSA) is 115 Å². The molecule has 0 unspecified atom stereocenters. The normalized spacial score (nSPS) is 19.7. The molecule has 3 aromatic rings. The van der Waals surface area contributed by atoms with E-state index in [4.69, 9.17) is 4.98 Å². The Labute approximate surface area is 217 Å². The predicted molar refractivity (Wildman–Crippen MR) is 123 cm³/mol. The van der Waals surface area contributed by atoms with Crippen molar-refractivity contribution in [1.29, 1.82) is 0 Å². The van der Waals surface area contributed by atoms with Crippen LogP contribution in [-0.2, 0) is 26.4 Å². The van der Waals surface area contributed by atoms with Crippen LogP contribution in [0.15, 0.2) is 18.6 Å². The van der Waals surface area contributed by atoms with E-state index in [2.05, 4.69) is 20.4 Å². The Bertz CT molecular complexity index is 1260. The van der Waals surface area contributed by atoms with E-state index in [-0.39, 0.29) is 13.0 Å². The first kappa shape index (κ1) is 25.0. The van der Waals surface area contributed by atoms with Crippen LogP contribution in [0.3, 0.4) is 0 Å². The number of aryl methyl sites for hydroxylation is 2. The number of aromatic nitrogens is 7. The Morgan fingerprint density at radius 2 is 2.08 bits per heavy atom. The number of carboxylic acid groups (broad SMARTS) is 1. The number of rotatable bonds is 9. The van der Waals surface area contributed by atoms with Gasteiger partial charge in [-0.3, -0.25) is 0 Å². The van der Waals surface area contributed by atoms with Gasteiger partial charge >= 0.3 is 181 Å². The maximum absolute atomic E-state index is 14.5. The van der Waals surface area contributed by atoms with Crippen molar-refractivity contribution in [2.45, 2.75) is 55.4 Å². The van der Waals surface area contributed by atoms with Gasteiger partial charge in [-0.05, 0) is 25.2 Å². The molecule has 1 atom stereocenters. The Morgan fingerprint density at radius 3 is 2.81 bits per heavy atom. The molecular weight excluding hydrogens is 585 g/mol. The van der Waals surface area contributed by atoms with Gasteiger partial charge in [0.15, 0.2) is 0 Å². The second kappa shape index (κ2) is 9.98. The summed E-state index contributed by atoms with van der Waals surface area (Å²) < 4.78 is 31.1. The van der Waals surface area contributed by atoms with E-state index < -0.39 is 41.6 Å². The van der Waals surface area contributed by atoms with Gasteiger partial charge in [0.1, 0.15) is 0 Å². The molecule has 0 bridgehead atoms. The molecule has 3 aromatic heterocycles. The molecule has 13 heteroatoms. The Kier molecular flexibility index (Phi) is 6.92. The number of halogens is 3. The summed E-state index contributed by atoms with van der Waals surface area (Å²) in [5.41, 5.74) is 3.90. The SMILES string of the molecule is CCc1nc(-c2cnn(C)c2Cn2nncc2CC2CC2)ncc1N1C[C@@H]([I-]C(=O)O)CC(F)(F)C1. The zero-order valence-electron chi connectivity index (χ0n) is 20.1. The number of anilines is 1. The zero-order valence-corrected chi connectivity index (χ0v) is 22.3. The molecule has 0 aromatic carbocycles. The van der Waals surface area contributed by atoms with E-state index in [1.54, 1.807) is 22.0 Å². The van der Waals surface area contributed by atoms with Crippen molar-refractivity contribution < 1.29 is 39.9 Å². The summed E-state index contributed by atoms with van der Waals surface area (Å²) in [7, 11) is 1.85. The molecule has 2 fully saturated rings. The minimum atomic E-state index is -2.95. The van der Waals surface area contributed by atoms with Crippen LogP contribution in [0.4, 0.5) is 19.3 Å². The quantitative estimate of drug-likeness (QED) is 0.204. The van der Waals surface area contributed by atoms with Crippen molar-refractivity contribution >= 4 is 9.66 Å². The first-order valence-electron chi connectivity index (χ1n) is 12.0. The molecule has 4 heterocycles. The summed E-state index contributed by atoms with van der Waals surface area (Å²) >= 11 is -1.39. The van der Waals surface area contributed by atoms with Gasteiger partial charge in [-0.2, -0.15) is 0 Å². The van der Waals surface area contributed by atoms with Crippen molar-refractivity contribution in [1.82, 2.24) is 34.7 Å². The maximum atomic E-state index is 14.5. The second-order valence-electron chi connectivity index (χ2n) is 9.44. The molecule has 1 N–H and O–H groups in total. The molecule has 0 amide bonds. The van der Waals surface area contributed by atoms with Gasteiger partial charge in [-0.25, -0.2) is 0 Å². The predicted octanol–water partition coefficient (Wildman–Crippen LogP) is 0.0128. The van der Waals surface area contributed by atoms with Crippen molar-refractivity contribution in [3.05, 3.63) is 35.7 Å². The van der Waals surface area contributed by atoms with Crippen LogP contribution in [0.2, 0.25) is 0 Å². The van der Waals surface area contributed by atoms with Gasteiger partial charge < -0.3 is 0 Å². The van der Waals surface area contributed by atoms with Crippen LogP contribution < -0.4 is 26.1 Å². The molecule has 1 aliphatic carbocycles. The van der Waals surface area contributed by atoms with Crippen LogP contribution >= 0.6 is 0 Å². The van der Waals surface area contributed by atoms with E-state index in [1.165, 1.54) is 12.8 Å². The molecule has 10 nitrogen and oxygen atoms in total. The summed E-state index contributed by atoms with van der Waals surface area (Å²) in [6.07, 6.45) is 8.68. The van der Waals surface area contributed by atoms with Gasteiger partial charge in [-0.15, -0.1) is 5.10 Å². The van der Waals surface area contributed by atoms with Gasteiger partial charge in [0, 0.05) is 0 Å². The first-order valence-corrected chi connectivity index (χ1v) is 14.3. The van der Waals surface area contributed by atoms with Gasteiger partial charge in [0.2, 0.25) is 0 Å². The van der Waals surface area contributed by atoms with E-state index in [0.717, 1.165) is 23.4 Å². The van der Waals surface area contributed by atoms with E-state index in [9.17, 15) is 18.7 Å². The molecular formula is C23H28F2IN8O2-. The third-order valence-electron chi connectivity index (χ3n) is 6.62. The number of hydrogen-bond donors (Lipinski definition) is 1.